The van der Waals surface area contributed by atoms with Crippen LogP contribution in [0, 0.1) is 0 Å². The van der Waals surface area contributed by atoms with Gasteiger partial charge in [-0.25, -0.2) is 4.98 Å². The van der Waals surface area contributed by atoms with Crippen molar-refractivity contribution in [2.24, 2.45) is 0 Å². The van der Waals surface area contributed by atoms with Gasteiger partial charge in [-0.3, -0.25) is 4.79 Å². The van der Waals surface area contributed by atoms with Gasteiger partial charge in [0, 0.05) is 45.1 Å². The summed E-state index contributed by atoms with van der Waals surface area (Å²) < 4.78 is 5.06. The van der Waals surface area contributed by atoms with Gasteiger partial charge in [0.15, 0.2) is 5.82 Å². The Balaban J connectivity index is 1.44. The maximum absolute atomic E-state index is 12.0. The Kier molecular flexibility index (Phi) is 5.28. The van der Waals surface area contributed by atoms with Crippen LogP contribution in [-0.2, 0) is 17.6 Å². The number of anilines is 1. The minimum Gasteiger partial charge on any atom is -0.386 e. The number of amides is 1. The van der Waals surface area contributed by atoms with Crippen molar-refractivity contribution in [3.63, 3.8) is 0 Å². The molecule has 8 nitrogen and oxygen atoms in total. The number of hydrogen-bond acceptors (Lipinski definition) is 7. The molecule has 1 aliphatic heterocycles. The number of nitrogens with zero attached hydrogens (tertiary/aromatic N) is 4. The fourth-order valence-corrected chi connectivity index (χ4v) is 2.84. The summed E-state index contributed by atoms with van der Waals surface area (Å²) in [6.07, 6.45) is 3.68. The summed E-state index contributed by atoms with van der Waals surface area (Å²) in [5, 5.41) is 17.3. The van der Waals surface area contributed by atoms with Gasteiger partial charge >= 0.3 is 0 Å². The number of pyridine rings is 1. The predicted octanol–water partition coefficient (Wildman–Crippen LogP) is 0.717. The molecule has 1 saturated heterocycles. The molecule has 1 fully saturated rings. The Bertz CT molecular complexity index is 705. The van der Waals surface area contributed by atoms with E-state index >= 15 is 0 Å². The zero-order chi connectivity index (χ0) is 17.7. The molecule has 25 heavy (non-hydrogen) atoms. The molecule has 8 heteroatoms. The monoisotopic (exact) mass is 345 g/mol. The summed E-state index contributed by atoms with van der Waals surface area (Å²) in [6, 6.07) is 5.70. The normalized spacial score (nSPS) is 20.0. The number of carbonyl (C=O) groups is 1. The van der Waals surface area contributed by atoms with Crippen molar-refractivity contribution < 1.29 is 14.4 Å². The molecule has 3 heterocycles. The van der Waals surface area contributed by atoms with E-state index in [1.165, 1.54) is 0 Å². The Labute approximate surface area is 146 Å². The highest BCUT2D eigenvalue weighted by atomic mass is 16.5. The van der Waals surface area contributed by atoms with Crippen LogP contribution in [0.3, 0.4) is 0 Å². The van der Waals surface area contributed by atoms with Gasteiger partial charge in [0.25, 0.3) is 0 Å². The Morgan fingerprint density at radius 2 is 2.36 bits per heavy atom. The van der Waals surface area contributed by atoms with Crippen LogP contribution in [0.25, 0.3) is 0 Å². The summed E-state index contributed by atoms with van der Waals surface area (Å²) in [5.74, 6) is 1.81. The first-order valence-corrected chi connectivity index (χ1v) is 8.54. The van der Waals surface area contributed by atoms with E-state index in [1.807, 2.05) is 30.0 Å². The molecule has 1 amide bonds. The fourth-order valence-electron chi connectivity index (χ4n) is 2.84. The van der Waals surface area contributed by atoms with Gasteiger partial charge in [-0.05, 0) is 18.6 Å². The third-order valence-electron chi connectivity index (χ3n) is 4.31. The highest BCUT2D eigenvalue weighted by Crippen LogP contribution is 2.24. The van der Waals surface area contributed by atoms with Crippen LogP contribution in [0.4, 0.5) is 5.82 Å². The lowest BCUT2D eigenvalue weighted by Crippen LogP contribution is -2.45. The largest absolute Gasteiger partial charge is 0.386 e. The van der Waals surface area contributed by atoms with Crippen LogP contribution < -0.4 is 10.2 Å². The molecule has 0 aromatic carbocycles. The molecule has 1 atom stereocenters. The number of rotatable bonds is 7. The number of nitrogens with one attached hydrogen (secondary N) is 1. The van der Waals surface area contributed by atoms with E-state index in [0.29, 0.717) is 44.1 Å². The fraction of sp³-hybridized carbons (Fsp3) is 0.529. The summed E-state index contributed by atoms with van der Waals surface area (Å²) in [7, 11) is 0. The first-order chi connectivity index (χ1) is 12.1. The topological polar surface area (TPSA) is 104 Å². The van der Waals surface area contributed by atoms with Gasteiger partial charge in [0.2, 0.25) is 11.8 Å². The van der Waals surface area contributed by atoms with Crippen LogP contribution in [0.15, 0.2) is 28.9 Å². The van der Waals surface area contributed by atoms with E-state index in [2.05, 4.69) is 20.4 Å². The lowest BCUT2D eigenvalue weighted by atomic mass is 10.0. The van der Waals surface area contributed by atoms with Crippen LogP contribution in [0.1, 0.15) is 31.5 Å². The maximum Gasteiger partial charge on any atom is 0.227 e. The highest BCUT2D eigenvalue weighted by Gasteiger charge is 2.36. The molecular weight excluding hydrogens is 322 g/mol. The van der Waals surface area contributed by atoms with Crippen LogP contribution in [0.2, 0.25) is 0 Å². The number of carbonyl (C=O) groups excluding carboxylic acids is 1. The average Bonchev–Trinajstić information content (AvgIpc) is 3.26. The lowest BCUT2D eigenvalue weighted by Gasteiger charge is -2.24. The maximum atomic E-state index is 12.0. The number of aryl methyl sites for hydroxylation is 2. The molecule has 3 rings (SSSR count). The van der Waals surface area contributed by atoms with Crippen molar-refractivity contribution in [2.45, 2.75) is 38.2 Å². The Morgan fingerprint density at radius 1 is 1.48 bits per heavy atom. The first kappa shape index (κ1) is 17.3. The Morgan fingerprint density at radius 3 is 3.08 bits per heavy atom. The van der Waals surface area contributed by atoms with Crippen molar-refractivity contribution in [1.29, 1.82) is 0 Å². The summed E-state index contributed by atoms with van der Waals surface area (Å²) in [4.78, 5) is 22.5. The second-order valence-electron chi connectivity index (χ2n) is 6.32. The minimum absolute atomic E-state index is 0.138. The van der Waals surface area contributed by atoms with E-state index in [9.17, 15) is 9.90 Å². The van der Waals surface area contributed by atoms with E-state index < -0.39 is 5.60 Å². The number of aromatic nitrogens is 3. The molecule has 2 aromatic heterocycles. The zero-order valence-corrected chi connectivity index (χ0v) is 14.3. The third kappa shape index (κ3) is 4.54. The molecule has 1 aliphatic rings. The van der Waals surface area contributed by atoms with Gasteiger partial charge in [-0.15, -0.1) is 0 Å². The van der Waals surface area contributed by atoms with E-state index in [1.54, 1.807) is 6.20 Å². The van der Waals surface area contributed by atoms with Crippen molar-refractivity contribution in [3.05, 3.63) is 36.1 Å². The highest BCUT2D eigenvalue weighted by molar-refractivity contribution is 5.76. The first-order valence-electron chi connectivity index (χ1n) is 8.54. The number of aliphatic hydroxyl groups is 1. The predicted molar refractivity (Wildman–Crippen MR) is 91.0 cm³/mol. The van der Waals surface area contributed by atoms with Gasteiger partial charge in [-0.1, -0.05) is 18.1 Å². The van der Waals surface area contributed by atoms with Crippen LogP contribution >= 0.6 is 0 Å². The van der Waals surface area contributed by atoms with Gasteiger partial charge < -0.3 is 19.8 Å². The Hall–Kier alpha value is -2.48. The molecule has 0 bridgehead atoms. The van der Waals surface area contributed by atoms with Crippen molar-refractivity contribution in [2.75, 3.05) is 24.5 Å². The van der Waals surface area contributed by atoms with Crippen molar-refractivity contribution in [3.8, 4) is 0 Å². The lowest BCUT2D eigenvalue weighted by molar-refractivity contribution is -0.122. The van der Waals surface area contributed by atoms with Gasteiger partial charge in [0.05, 0.1) is 0 Å². The summed E-state index contributed by atoms with van der Waals surface area (Å²) in [5.41, 5.74) is -0.937. The summed E-state index contributed by atoms with van der Waals surface area (Å²) in [6.45, 7) is 3.33. The standard InChI is InChI=1S/C17H23N5O3/c1-2-13-20-16(25-21-13)7-6-15(23)19-11-17(24)8-10-22(12-17)14-5-3-4-9-18-14/h3-5,9,24H,2,6-8,10-12H2,1H3,(H,19,23). The second kappa shape index (κ2) is 7.60. The molecule has 0 aliphatic carbocycles. The van der Waals surface area contributed by atoms with Crippen molar-refractivity contribution in [1.82, 2.24) is 20.4 Å². The quantitative estimate of drug-likeness (QED) is 0.762. The zero-order valence-electron chi connectivity index (χ0n) is 14.3. The number of hydrogen-bond donors (Lipinski definition) is 2. The third-order valence-corrected chi connectivity index (χ3v) is 4.31. The van der Waals surface area contributed by atoms with Crippen molar-refractivity contribution >= 4 is 11.7 Å². The van der Waals surface area contributed by atoms with Crippen LogP contribution in [-0.4, -0.2) is 51.4 Å². The molecule has 0 radical (unpaired) electrons. The molecule has 134 valence electrons. The van der Waals surface area contributed by atoms with E-state index in [4.69, 9.17) is 4.52 Å². The molecule has 0 spiro atoms. The van der Waals surface area contributed by atoms with Gasteiger partial charge in [0.1, 0.15) is 11.4 Å². The SMILES string of the molecule is CCc1noc(CCC(=O)NCC2(O)CCN(c3ccccn3)C2)n1. The van der Waals surface area contributed by atoms with E-state index in [-0.39, 0.29) is 18.9 Å². The van der Waals surface area contributed by atoms with Gasteiger partial charge in [-0.2, -0.15) is 4.98 Å². The minimum atomic E-state index is -0.937. The molecule has 0 saturated carbocycles. The summed E-state index contributed by atoms with van der Waals surface area (Å²) >= 11 is 0. The molecular formula is C17H23N5O3. The molecule has 1 unspecified atom stereocenters. The average molecular weight is 345 g/mol. The molecule has 2 N–H and O–H groups in total. The molecule has 2 aromatic rings. The second-order valence-corrected chi connectivity index (χ2v) is 6.32. The number of β-amino-alcohol motifs (C(OH)–C–C–N with tert-alkyl or cyclic N) is 1. The van der Waals surface area contributed by atoms with Crippen LogP contribution in [0.5, 0.6) is 0 Å². The van der Waals surface area contributed by atoms with E-state index in [0.717, 1.165) is 5.82 Å². The smallest absolute Gasteiger partial charge is 0.227 e.